The van der Waals surface area contributed by atoms with E-state index in [2.05, 4.69) is 29.1 Å². The maximum absolute atomic E-state index is 4.68. The van der Waals surface area contributed by atoms with Gasteiger partial charge in [-0.25, -0.2) is 0 Å². The normalized spacial score (nSPS) is 18.2. The highest BCUT2D eigenvalue weighted by atomic mass is 32.2. The molecule has 0 saturated heterocycles. The number of thioether (sulfide) groups is 1. The van der Waals surface area contributed by atoms with Gasteiger partial charge in [0.05, 0.1) is 12.2 Å². The van der Waals surface area contributed by atoms with E-state index in [-0.39, 0.29) is 0 Å². The molecule has 2 rings (SSSR count). The van der Waals surface area contributed by atoms with Gasteiger partial charge in [0.2, 0.25) is 0 Å². The monoisotopic (exact) mass is 263 g/mol. The van der Waals surface area contributed by atoms with E-state index >= 15 is 0 Å². The van der Waals surface area contributed by atoms with Crippen LogP contribution in [0.25, 0.3) is 0 Å². The summed E-state index contributed by atoms with van der Waals surface area (Å²) in [6.07, 6.45) is 4.26. The van der Waals surface area contributed by atoms with Gasteiger partial charge in [0.15, 0.2) is 5.17 Å². The highest BCUT2D eigenvalue weighted by Crippen LogP contribution is 2.34. The second-order valence-electron chi connectivity index (χ2n) is 4.79. The molecule has 1 aliphatic heterocycles. The van der Waals surface area contributed by atoms with Gasteiger partial charge in [-0.1, -0.05) is 31.7 Å². The SMILES string of the molecule is CCC1(CC)CN=C(NCc2ccccn2)SC1. The number of pyridine rings is 1. The molecule has 0 unspecified atom stereocenters. The third kappa shape index (κ3) is 3.25. The predicted octanol–water partition coefficient (Wildman–Crippen LogP) is 3.08. The molecule has 98 valence electrons. The number of hydrogen-bond donors (Lipinski definition) is 1. The first-order chi connectivity index (χ1) is 8.78. The summed E-state index contributed by atoms with van der Waals surface area (Å²) in [5, 5.41) is 4.44. The molecule has 0 bridgehead atoms. The lowest BCUT2D eigenvalue weighted by Gasteiger charge is -2.33. The van der Waals surface area contributed by atoms with Crippen molar-refractivity contribution >= 4 is 16.9 Å². The van der Waals surface area contributed by atoms with Gasteiger partial charge in [-0.05, 0) is 30.4 Å². The molecule has 0 aliphatic carbocycles. The Kier molecular flexibility index (Phi) is 4.64. The quantitative estimate of drug-likeness (QED) is 0.907. The van der Waals surface area contributed by atoms with Crippen LogP contribution >= 0.6 is 11.8 Å². The number of rotatable bonds is 4. The van der Waals surface area contributed by atoms with Crippen LogP contribution in [0.5, 0.6) is 0 Å². The Morgan fingerprint density at radius 3 is 2.72 bits per heavy atom. The fourth-order valence-electron chi connectivity index (χ4n) is 2.01. The summed E-state index contributed by atoms with van der Waals surface area (Å²) in [6.45, 7) is 6.26. The number of aliphatic imine (C=N–C) groups is 1. The van der Waals surface area contributed by atoms with Crippen LogP contribution in [0.1, 0.15) is 32.4 Å². The van der Waals surface area contributed by atoms with Gasteiger partial charge >= 0.3 is 0 Å². The molecule has 0 atom stereocenters. The summed E-state index contributed by atoms with van der Waals surface area (Å²) in [6, 6.07) is 5.98. The van der Waals surface area contributed by atoms with Crippen LogP contribution in [0.4, 0.5) is 0 Å². The van der Waals surface area contributed by atoms with Crippen LogP contribution in [-0.4, -0.2) is 22.4 Å². The van der Waals surface area contributed by atoms with Crippen LogP contribution in [-0.2, 0) is 6.54 Å². The number of amidine groups is 1. The van der Waals surface area contributed by atoms with E-state index < -0.39 is 0 Å². The smallest absolute Gasteiger partial charge is 0.156 e. The van der Waals surface area contributed by atoms with Crippen molar-refractivity contribution in [3.8, 4) is 0 Å². The molecule has 3 nitrogen and oxygen atoms in total. The highest BCUT2D eigenvalue weighted by Gasteiger charge is 2.29. The first-order valence-corrected chi connectivity index (χ1v) is 7.57. The third-order valence-electron chi connectivity index (χ3n) is 3.72. The average Bonchev–Trinajstić information content (AvgIpc) is 2.47. The number of nitrogens with zero attached hydrogens (tertiary/aromatic N) is 2. The second-order valence-corrected chi connectivity index (χ2v) is 5.76. The summed E-state index contributed by atoms with van der Waals surface area (Å²) in [5.74, 6) is 1.17. The van der Waals surface area contributed by atoms with E-state index in [4.69, 9.17) is 0 Å². The lowest BCUT2D eigenvalue weighted by molar-refractivity contribution is 0.318. The van der Waals surface area contributed by atoms with Crippen LogP contribution in [0.3, 0.4) is 0 Å². The molecule has 18 heavy (non-hydrogen) atoms. The Labute approximate surface area is 113 Å². The first-order valence-electron chi connectivity index (χ1n) is 6.59. The molecule has 2 heterocycles. The average molecular weight is 263 g/mol. The molecule has 1 aromatic rings. The van der Waals surface area contributed by atoms with Gasteiger partial charge in [0.25, 0.3) is 0 Å². The largest absolute Gasteiger partial charge is 0.359 e. The van der Waals surface area contributed by atoms with Gasteiger partial charge in [0, 0.05) is 18.5 Å². The zero-order valence-electron chi connectivity index (χ0n) is 11.1. The molecule has 0 fully saturated rings. The maximum Gasteiger partial charge on any atom is 0.156 e. The summed E-state index contributed by atoms with van der Waals surface area (Å²) < 4.78 is 0. The van der Waals surface area contributed by atoms with Gasteiger partial charge in [0.1, 0.15) is 0 Å². The van der Waals surface area contributed by atoms with E-state index in [0.29, 0.717) is 5.41 Å². The first kappa shape index (κ1) is 13.4. The second kappa shape index (κ2) is 6.23. The predicted molar refractivity (Wildman–Crippen MR) is 78.9 cm³/mol. The molecule has 1 aliphatic rings. The summed E-state index contributed by atoms with van der Waals surface area (Å²) in [5.41, 5.74) is 1.48. The minimum absolute atomic E-state index is 0.418. The molecule has 1 aromatic heterocycles. The van der Waals surface area contributed by atoms with Crippen molar-refractivity contribution in [2.45, 2.75) is 33.2 Å². The van der Waals surface area contributed by atoms with E-state index in [1.54, 1.807) is 0 Å². The molecule has 4 heteroatoms. The summed E-state index contributed by atoms with van der Waals surface area (Å²) in [7, 11) is 0. The molecular formula is C14H21N3S. The lowest BCUT2D eigenvalue weighted by Crippen LogP contribution is -2.34. The third-order valence-corrected chi connectivity index (χ3v) is 5.02. The van der Waals surface area contributed by atoms with Crippen molar-refractivity contribution in [2.24, 2.45) is 10.4 Å². The van der Waals surface area contributed by atoms with Crippen molar-refractivity contribution < 1.29 is 0 Å². The number of hydrogen-bond acceptors (Lipinski definition) is 4. The van der Waals surface area contributed by atoms with Gasteiger partial charge in [-0.2, -0.15) is 0 Å². The lowest BCUT2D eigenvalue weighted by atomic mass is 9.84. The zero-order chi connectivity index (χ0) is 12.8. The minimum atomic E-state index is 0.418. The standard InChI is InChI=1S/C14H21N3S/c1-3-14(4-2)10-17-13(18-11-14)16-9-12-7-5-6-8-15-12/h5-8H,3-4,9-11H2,1-2H3,(H,16,17). The minimum Gasteiger partial charge on any atom is -0.359 e. The maximum atomic E-state index is 4.68. The van der Waals surface area contributed by atoms with Crippen molar-refractivity contribution in [3.63, 3.8) is 0 Å². The summed E-state index contributed by atoms with van der Waals surface area (Å²) in [4.78, 5) is 8.98. The van der Waals surface area contributed by atoms with Gasteiger partial charge in [-0.3, -0.25) is 9.98 Å². The molecule has 0 radical (unpaired) electrons. The van der Waals surface area contributed by atoms with Crippen molar-refractivity contribution in [3.05, 3.63) is 30.1 Å². The van der Waals surface area contributed by atoms with Crippen LogP contribution in [0.2, 0.25) is 0 Å². The van der Waals surface area contributed by atoms with Crippen LogP contribution in [0.15, 0.2) is 29.4 Å². The van der Waals surface area contributed by atoms with E-state index in [1.807, 2.05) is 36.2 Å². The Bertz CT molecular complexity index is 399. The van der Waals surface area contributed by atoms with Crippen molar-refractivity contribution in [1.29, 1.82) is 0 Å². The van der Waals surface area contributed by atoms with Crippen molar-refractivity contribution in [2.75, 3.05) is 12.3 Å². The molecule has 0 aromatic carbocycles. The molecule has 0 spiro atoms. The van der Waals surface area contributed by atoms with Crippen LogP contribution in [0, 0.1) is 5.41 Å². The molecule has 0 saturated carbocycles. The summed E-state index contributed by atoms with van der Waals surface area (Å²) >= 11 is 1.85. The Morgan fingerprint density at radius 2 is 2.17 bits per heavy atom. The molecular weight excluding hydrogens is 242 g/mol. The zero-order valence-corrected chi connectivity index (χ0v) is 12.0. The van der Waals surface area contributed by atoms with Gasteiger partial charge in [-0.15, -0.1) is 0 Å². The van der Waals surface area contributed by atoms with E-state index in [0.717, 1.165) is 24.0 Å². The van der Waals surface area contributed by atoms with E-state index in [1.165, 1.54) is 18.6 Å². The van der Waals surface area contributed by atoms with Gasteiger partial charge < -0.3 is 5.32 Å². The fraction of sp³-hybridized carbons (Fsp3) is 0.571. The molecule has 0 amide bonds. The van der Waals surface area contributed by atoms with Crippen LogP contribution < -0.4 is 5.32 Å². The molecule has 1 N–H and O–H groups in total. The van der Waals surface area contributed by atoms with E-state index in [9.17, 15) is 0 Å². The Hall–Kier alpha value is -1.03. The number of aromatic nitrogens is 1. The topological polar surface area (TPSA) is 37.3 Å². The Balaban J connectivity index is 1.87. The Morgan fingerprint density at radius 1 is 1.33 bits per heavy atom. The van der Waals surface area contributed by atoms with Crippen molar-refractivity contribution in [1.82, 2.24) is 10.3 Å². The highest BCUT2D eigenvalue weighted by molar-refractivity contribution is 8.13. The number of nitrogens with one attached hydrogen (secondary N) is 1. The fourth-order valence-corrected chi connectivity index (χ4v) is 3.28.